The molecule has 0 atom stereocenters. The highest BCUT2D eigenvalue weighted by molar-refractivity contribution is 5.66. The van der Waals surface area contributed by atoms with Gasteiger partial charge in [0.1, 0.15) is 12.0 Å². The molecule has 2 aromatic rings. The predicted molar refractivity (Wildman–Crippen MR) is 60.8 cm³/mol. The van der Waals surface area contributed by atoms with Gasteiger partial charge in [0.05, 0.1) is 0 Å². The van der Waals surface area contributed by atoms with Crippen molar-refractivity contribution in [2.24, 2.45) is 5.73 Å². The molecule has 0 unspecified atom stereocenters. The SMILES string of the molecule is NCCc1conc1-c1ccc2c(c1)OCO2. The largest absolute Gasteiger partial charge is 0.454 e. The van der Waals surface area contributed by atoms with Crippen LogP contribution in [0.5, 0.6) is 11.5 Å². The molecule has 0 saturated heterocycles. The van der Waals surface area contributed by atoms with E-state index in [1.165, 1.54) is 0 Å². The summed E-state index contributed by atoms with van der Waals surface area (Å²) < 4.78 is 15.6. The lowest BCUT2D eigenvalue weighted by Gasteiger charge is -2.01. The number of ether oxygens (including phenoxy) is 2. The van der Waals surface area contributed by atoms with Crippen molar-refractivity contribution in [1.29, 1.82) is 0 Å². The minimum Gasteiger partial charge on any atom is -0.454 e. The van der Waals surface area contributed by atoms with Crippen LogP contribution in [-0.4, -0.2) is 18.5 Å². The van der Waals surface area contributed by atoms with E-state index in [0.717, 1.165) is 34.7 Å². The number of benzene rings is 1. The van der Waals surface area contributed by atoms with E-state index in [9.17, 15) is 0 Å². The zero-order chi connectivity index (χ0) is 11.7. The van der Waals surface area contributed by atoms with Crippen molar-refractivity contribution in [1.82, 2.24) is 5.16 Å². The maximum Gasteiger partial charge on any atom is 0.231 e. The van der Waals surface area contributed by atoms with Crippen LogP contribution >= 0.6 is 0 Å². The van der Waals surface area contributed by atoms with Gasteiger partial charge in [-0.3, -0.25) is 0 Å². The van der Waals surface area contributed by atoms with Crippen molar-refractivity contribution >= 4 is 0 Å². The zero-order valence-corrected chi connectivity index (χ0v) is 9.18. The first-order chi connectivity index (χ1) is 8.38. The Balaban J connectivity index is 2.00. The van der Waals surface area contributed by atoms with E-state index in [1.807, 2.05) is 18.2 Å². The summed E-state index contributed by atoms with van der Waals surface area (Å²) >= 11 is 0. The first-order valence-electron chi connectivity index (χ1n) is 5.42. The number of nitrogens with zero attached hydrogens (tertiary/aromatic N) is 1. The maximum atomic E-state index is 5.54. The van der Waals surface area contributed by atoms with E-state index in [2.05, 4.69) is 5.16 Å². The van der Waals surface area contributed by atoms with Crippen molar-refractivity contribution < 1.29 is 14.0 Å². The Morgan fingerprint density at radius 2 is 2.12 bits per heavy atom. The quantitative estimate of drug-likeness (QED) is 0.869. The van der Waals surface area contributed by atoms with Crippen molar-refractivity contribution in [2.45, 2.75) is 6.42 Å². The summed E-state index contributed by atoms with van der Waals surface area (Å²) in [4.78, 5) is 0. The van der Waals surface area contributed by atoms with Crippen LogP contribution in [-0.2, 0) is 6.42 Å². The highest BCUT2D eigenvalue weighted by Gasteiger charge is 2.16. The molecule has 3 rings (SSSR count). The molecule has 0 spiro atoms. The van der Waals surface area contributed by atoms with Gasteiger partial charge in [-0.15, -0.1) is 0 Å². The van der Waals surface area contributed by atoms with Crippen molar-refractivity contribution in [3.8, 4) is 22.8 Å². The summed E-state index contributed by atoms with van der Waals surface area (Å²) in [6.07, 6.45) is 2.38. The minimum absolute atomic E-state index is 0.271. The summed E-state index contributed by atoms with van der Waals surface area (Å²) in [5.74, 6) is 1.50. The number of fused-ring (bicyclic) bond motifs is 1. The third kappa shape index (κ3) is 1.74. The highest BCUT2D eigenvalue weighted by atomic mass is 16.7. The fourth-order valence-corrected chi connectivity index (χ4v) is 1.87. The summed E-state index contributed by atoms with van der Waals surface area (Å²) in [6.45, 7) is 0.839. The lowest BCUT2D eigenvalue weighted by molar-refractivity contribution is 0.174. The van der Waals surface area contributed by atoms with E-state index in [-0.39, 0.29) is 6.79 Å². The molecule has 0 aliphatic carbocycles. The Bertz CT molecular complexity index is 536. The fraction of sp³-hybridized carbons (Fsp3) is 0.250. The average Bonchev–Trinajstić information content (AvgIpc) is 2.96. The van der Waals surface area contributed by atoms with Crippen LogP contribution in [0.4, 0.5) is 0 Å². The lowest BCUT2D eigenvalue weighted by atomic mass is 10.1. The van der Waals surface area contributed by atoms with Crippen LogP contribution < -0.4 is 15.2 Å². The molecule has 1 aromatic carbocycles. The van der Waals surface area contributed by atoms with Crippen LogP contribution in [0.1, 0.15) is 5.56 Å². The normalized spacial score (nSPS) is 13.0. The van der Waals surface area contributed by atoms with Gasteiger partial charge in [-0.05, 0) is 31.2 Å². The van der Waals surface area contributed by atoms with Crippen LogP contribution in [0.3, 0.4) is 0 Å². The molecule has 1 aromatic heterocycles. The van der Waals surface area contributed by atoms with Gasteiger partial charge in [-0.2, -0.15) is 0 Å². The molecular weight excluding hydrogens is 220 g/mol. The Kier molecular flexibility index (Phi) is 2.45. The van der Waals surface area contributed by atoms with E-state index < -0.39 is 0 Å². The molecule has 0 amide bonds. The molecule has 2 N–H and O–H groups in total. The van der Waals surface area contributed by atoms with Gasteiger partial charge in [0, 0.05) is 11.1 Å². The third-order valence-corrected chi connectivity index (χ3v) is 2.70. The first kappa shape index (κ1) is 10.2. The van der Waals surface area contributed by atoms with Gasteiger partial charge in [-0.1, -0.05) is 5.16 Å². The Morgan fingerprint density at radius 3 is 3.00 bits per heavy atom. The molecule has 0 bridgehead atoms. The molecule has 0 fully saturated rings. The highest BCUT2D eigenvalue weighted by Crippen LogP contribution is 2.36. The van der Waals surface area contributed by atoms with E-state index in [0.29, 0.717) is 6.54 Å². The van der Waals surface area contributed by atoms with Gasteiger partial charge in [0.15, 0.2) is 11.5 Å². The molecule has 2 heterocycles. The van der Waals surface area contributed by atoms with Crippen LogP contribution in [0.15, 0.2) is 29.0 Å². The predicted octanol–water partition coefficient (Wildman–Crippen LogP) is 1.57. The van der Waals surface area contributed by atoms with E-state index >= 15 is 0 Å². The standard InChI is InChI=1S/C12H12N2O3/c13-4-3-9-6-17-14-12(9)8-1-2-10-11(5-8)16-7-15-10/h1-2,5-6H,3-4,7,13H2. The maximum absolute atomic E-state index is 5.54. The number of hydrogen-bond acceptors (Lipinski definition) is 5. The second-order valence-corrected chi connectivity index (χ2v) is 3.80. The Labute approximate surface area is 98.1 Å². The van der Waals surface area contributed by atoms with Crippen molar-refractivity contribution in [3.63, 3.8) is 0 Å². The van der Waals surface area contributed by atoms with Crippen LogP contribution in [0, 0.1) is 0 Å². The molecule has 88 valence electrons. The second-order valence-electron chi connectivity index (χ2n) is 3.80. The zero-order valence-electron chi connectivity index (χ0n) is 9.18. The number of nitrogens with two attached hydrogens (primary N) is 1. The molecule has 5 heteroatoms. The number of aromatic nitrogens is 1. The number of rotatable bonds is 3. The second kappa shape index (κ2) is 4.10. The topological polar surface area (TPSA) is 70.5 Å². The number of hydrogen-bond donors (Lipinski definition) is 1. The van der Waals surface area contributed by atoms with E-state index in [4.69, 9.17) is 19.7 Å². The summed E-state index contributed by atoms with van der Waals surface area (Å²) in [6, 6.07) is 5.71. The first-order valence-corrected chi connectivity index (χ1v) is 5.42. The Morgan fingerprint density at radius 1 is 1.24 bits per heavy atom. The van der Waals surface area contributed by atoms with Crippen LogP contribution in [0.25, 0.3) is 11.3 Å². The van der Waals surface area contributed by atoms with Crippen LogP contribution in [0.2, 0.25) is 0 Å². The van der Waals surface area contributed by atoms with Gasteiger partial charge >= 0.3 is 0 Å². The summed E-state index contributed by atoms with van der Waals surface area (Å²) in [5.41, 5.74) is 8.31. The smallest absolute Gasteiger partial charge is 0.231 e. The monoisotopic (exact) mass is 232 g/mol. The summed E-state index contributed by atoms with van der Waals surface area (Å²) in [7, 11) is 0. The van der Waals surface area contributed by atoms with Gasteiger partial charge in [0.2, 0.25) is 6.79 Å². The van der Waals surface area contributed by atoms with Crippen molar-refractivity contribution in [2.75, 3.05) is 13.3 Å². The van der Waals surface area contributed by atoms with E-state index in [1.54, 1.807) is 6.26 Å². The summed E-state index contributed by atoms with van der Waals surface area (Å²) in [5, 5.41) is 4.00. The molecular formula is C12H12N2O3. The third-order valence-electron chi connectivity index (χ3n) is 2.70. The molecule has 0 saturated carbocycles. The molecule has 1 aliphatic rings. The van der Waals surface area contributed by atoms with Gasteiger partial charge in [-0.25, -0.2) is 0 Å². The lowest BCUT2D eigenvalue weighted by Crippen LogP contribution is -2.02. The van der Waals surface area contributed by atoms with Gasteiger partial charge in [0.25, 0.3) is 0 Å². The average molecular weight is 232 g/mol. The molecule has 0 radical (unpaired) electrons. The minimum atomic E-state index is 0.271. The van der Waals surface area contributed by atoms with Crippen molar-refractivity contribution in [3.05, 3.63) is 30.0 Å². The fourth-order valence-electron chi connectivity index (χ4n) is 1.87. The molecule has 1 aliphatic heterocycles. The molecule has 5 nitrogen and oxygen atoms in total. The van der Waals surface area contributed by atoms with Gasteiger partial charge < -0.3 is 19.7 Å². The molecule has 17 heavy (non-hydrogen) atoms. The Hall–Kier alpha value is -2.01.